The van der Waals surface area contributed by atoms with Gasteiger partial charge in [0.2, 0.25) is 11.8 Å². The molecule has 1 amide bonds. The predicted octanol–water partition coefficient (Wildman–Crippen LogP) is 1.99. The van der Waals surface area contributed by atoms with Gasteiger partial charge in [-0.2, -0.15) is 11.8 Å². The quantitative estimate of drug-likeness (QED) is 0.715. The topological polar surface area (TPSA) is 77.2 Å². The highest BCUT2D eigenvalue weighted by molar-refractivity contribution is 7.98. The Hall–Kier alpha value is -0.980. The Kier molecular flexibility index (Phi) is 8.60. The van der Waals surface area contributed by atoms with E-state index in [4.69, 9.17) is 10.5 Å². The summed E-state index contributed by atoms with van der Waals surface area (Å²) in [5.41, 5.74) is 6.75. The highest BCUT2D eigenvalue weighted by Crippen LogP contribution is 2.29. The number of hydrogen-bond acceptors (Lipinski definition) is 5. The SMILES string of the molecule is CSCCC(N)C(=O)NCc1ccc(OCC2CC2)nc1.Cl. The van der Waals surface area contributed by atoms with Crippen molar-refractivity contribution in [3.8, 4) is 5.88 Å². The van der Waals surface area contributed by atoms with Crippen molar-refractivity contribution in [2.45, 2.75) is 31.8 Å². The van der Waals surface area contributed by atoms with E-state index in [0.717, 1.165) is 17.9 Å². The number of nitrogens with two attached hydrogens (primary N) is 1. The fraction of sp³-hybridized carbons (Fsp3) is 0.600. The van der Waals surface area contributed by atoms with Gasteiger partial charge in [0, 0.05) is 18.8 Å². The Balaban J connectivity index is 0.00000242. The first-order chi connectivity index (χ1) is 10.2. The van der Waals surface area contributed by atoms with Gasteiger partial charge in [-0.1, -0.05) is 6.07 Å². The second-order valence-corrected chi connectivity index (χ2v) is 6.35. The highest BCUT2D eigenvalue weighted by atomic mass is 35.5. The van der Waals surface area contributed by atoms with Crippen LogP contribution >= 0.6 is 24.2 Å². The number of carbonyl (C=O) groups excluding carboxylic acids is 1. The maximum Gasteiger partial charge on any atom is 0.237 e. The number of carbonyl (C=O) groups is 1. The van der Waals surface area contributed by atoms with Gasteiger partial charge in [0.05, 0.1) is 12.6 Å². The molecule has 3 N–H and O–H groups in total. The zero-order chi connectivity index (χ0) is 15.1. The Morgan fingerprint density at radius 1 is 1.55 bits per heavy atom. The number of thioether (sulfide) groups is 1. The van der Waals surface area contributed by atoms with Crippen LogP contribution in [0.15, 0.2) is 18.3 Å². The fourth-order valence-electron chi connectivity index (χ4n) is 1.78. The first-order valence-corrected chi connectivity index (χ1v) is 8.68. The molecule has 1 aliphatic carbocycles. The number of ether oxygens (including phenoxy) is 1. The van der Waals surface area contributed by atoms with Gasteiger partial charge in [-0.05, 0) is 42.8 Å². The molecule has 1 atom stereocenters. The third-order valence-electron chi connectivity index (χ3n) is 3.40. The summed E-state index contributed by atoms with van der Waals surface area (Å²) in [7, 11) is 0. The van der Waals surface area contributed by atoms with Gasteiger partial charge in [-0.15, -0.1) is 12.4 Å². The van der Waals surface area contributed by atoms with Crippen LogP contribution in [0.5, 0.6) is 5.88 Å². The molecule has 2 rings (SSSR count). The Bertz CT molecular complexity index is 455. The number of pyridine rings is 1. The summed E-state index contributed by atoms with van der Waals surface area (Å²) < 4.78 is 5.57. The molecule has 1 fully saturated rings. The molecule has 22 heavy (non-hydrogen) atoms. The minimum absolute atomic E-state index is 0. The Labute approximate surface area is 142 Å². The number of halogens is 1. The maximum absolute atomic E-state index is 11.8. The second-order valence-electron chi connectivity index (χ2n) is 5.36. The number of nitrogens with one attached hydrogen (secondary N) is 1. The maximum atomic E-state index is 11.8. The predicted molar refractivity (Wildman–Crippen MR) is 92.5 cm³/mol. The Morgan fingerprint density at radius 2 is 2.32 bits per heavy atom. The Morgan fingerprint density at radius 3 is 2.91 bits per heavy atom. The lowest BCUT2D eigenvalue weighted by Crippen LogP contribution is -2.40. The molecule has 0 bridgehead atoms. The molecule has 124 valence electrons. The summed E-state index contributed by atoms with van der Waals surface area (Å²) in [4.78, 5) is 16.0. The van der Waals surface area contributed by atoms with Crippen LogP contribution in [-0.2, 0) is 11.3 Å². The molecular formula is C15H24ClN3O2S. The minimum atomic E-state index is -0.438. The molecular weight excluding hydrogens is 322 g/mol. The van der Waals surface area contributed by atoms with Crippen LogP contribution < -0.4 is 15.8 Å². The molecule has 5 nitrogen and oxygen atoms in total. The first kappa shape index (κ1) is 19.1. The molecule has 1 aliphatic rings. The van der Waals surface area contributed by atoms with Crippen LogP contribution in [0, 0.1) is 5.92 Å². The van der Waals surface area contributed by atoms with Crippen LogP contribution in [0.2, 0.25) is 0 Å². The van der Waals surface area contributed by atoms with Gasteiger partial charge >= 0.3 is 0 Å². The molecule has 0 spiro atoms. The molecule has 1 saturated carbocycles. The van der Waals surface area contributed by atoms with E-state index >= 15 is 0 Å². The standard InChI is InChI=1S/C15H23N3O2S.ClH/c1-21-7-6-13(16)15(19)18-9-12-4-5-14(17-8-12)20-10-11-2-3-11;/h4-5,8,11,13H,2-3,6-7,9-10,16H2,1H3,(H,18,19);1H. The van der Waals surface area contributed by atoms with E-state index in [1.165, 1.54) is 12.8 Å². The summed E-state index contributed by atoms with van der Waals surface area (Å²) >= 11 is 1.69. The number of nitrogens with zero attached hydrogens (tertiary/aromatic N) is 1. The molecule has 1 aromatic heterocycles. The minimum Gasteiger partial charge on any atom is -0.477 e. The zero-order valence-electron chi connectivity index (χ0n) is 12.8. The van der Waals surface area contributed by atoms with Crippen molar-refractivity contribution in [3.05, 3.63) is 23.9 Å². The van der Waals surface area contributed by atoms with Crippen molar-refractivity contribution in [2.24, 2.45) is 11.7 Å². The van der Waals surface area contributed by atoms with Gasteiger partial charge in [0.15, 0.2) is 0 Å². The van der Waals surface area contributed by atoms with Crippen LogP contribution in [-0.4, -0.2) is 35.5 Å². The lowest BCUT2D eigenvalue weighted by Gasteiger charge is -2.11. The zero-order valence-corrected chi connectivity index (χ0v) is 14.4. The molecule has 1 heterocycles. The van der Waals surface area contributed by atoms with E-state index in [-0.39, 0.29) is 18.3 Å². The van der Waals surface area contributed by atoms with Crippen molar-refractivity contribution in [2.75, 3.05) is 18.6 Å². The van der Waals surface area contributed by atoms with Gasteiger partial charge in [0.1, 0.15) is 0 Å². The van der Waals surface area contributed by atoms with E-state index in [9.17, 15) is 4.79 Å². The van der Waals surface area contributed by atoms with E-state index in [0.29, 0.717) is 24.8 Å². The summed E-state index contributed by atoms with van der Waals surface area (Å²) in [6.45, 7) is 1.20. The van der Waals surface area contributed by atoms with Crippen molar-refractivity contribution < 1.29 is 9.53 Å². The first-order valence-electron chi connectivity index (χ1n) is 7.29. The van der Waals surface area contributed by atoms with E-state index in [2.05, 4.69) is 10.3 Å². The third-order valence-corrected chi connectivity index (χ3v) is 4.04. The smallest absolute Gasteiger partial charge is 0.237 e. The molecule has 1 aromatic rings. The number of rotatable bonds is 9. The second kappa shape index (κ2) is 9.92. The van der Waals surface area contributed by atoms with E-state index < -0.39 is 6.04 Å². The molecule has 0 radical (unpaired) electrons. The summed E-state index contributed by atoms with van der Waals surface area (Å²) in [5.74, 6) is 2.14. The third kappa shape index (κ3) is 6.85. The fourth-order valence-corrected chi connectivity index (χ4v) is 2.27. The van der Waals surface area contributed by atoms with E-state index in [1.807, 2.05) is 18.4 Å². The van der Waals surface area contributed by atoms with Crippen LogP contribution in [0.3, 0.4) is 0 Å². The average Bonchev–Trinajstić information content (AvgIpc) is 3.33. The molecule has 0 saturated heterocycles. The normalized spacial score (nSPS) is 14.8. The average molecular weight is 346 g/mol. The molecule has 0 aliphatic heterocycles. The highest BCUT2D eigenvalue weighted by Gasteiger charge is 2.22. The van der Waals surface area contributed by atoms with Crippen molar-refractivity contribution in [3.63, 3.8) is 0 Å². The van der Waals surface area contributed by atoms with Gasteiger partial charge in [-0.3, -0.25) is 4.79 Å². The van der Waals surface area contributed by atoms with Crippen LogP contribution in [0.25, 0.3) is 0 Å². The molecule has 1 unspecified atom stereocenters. The number of hydrogen-bond donors (Lipinski definition) is 2. The summed E-state index contributed by atoms with van der Waals surface area (Å²) in [6.07, 6.45) is 6.96. The largest absolute Gasteiger partial charge is 0.477 e. The van der Waals surface area contributed by atoms with Crippen molar-refractivity contribution in [1.82, 2.24) is 10.3 Å². The summed E-state index contributed by atoms with van der Waals surface area (Å²) in [6, 6.07) is 3.33. The lowest BCUT2D eigenvalue weighted by atomic mass is 10.2. The molecule has 7 heteroatoms. The lowest BCUT2D eigenvalue weighted by molar-refractivity contribution is -0.122. The van der Waals surface area contributed by atoms with E-state index in [1.54, 1.807) is 18.0 Å². The van der Waals surface area contributed by atoms with Gasteiger partial charge in [0.25, 0.3) is 0 Å². The number of aromatic nitrogens is 1. The molecule has 0 aromatic carbocycles. The van der Waals surface area contributed by atoms with Crippen LogP contribution in [0.4, 0.5) is 0 Å². The summed E-state index contributed by atoms with van der Waals surface area (Å²) in [5, 5.41) is 2.83. The monoisotopic (exact) mass is 345 g/mol. The number of amides is 1. The van der Waals surface area contributed by atoms with Gasteiger partial charge < -0.3 is 15.8 Å². The van der Waals surface area contributed by atoms with Crippen molar-refractivity contribution >= 4 is 30.1 Å². The van der Waals surface area contributed by atoms with Crippen molar-refractivity contribution in [1.29, 1.82) is 0 Å². The van der Waals surface area contributed by atoms with Gasteiger partial charge in [-0.25, -0.2) is 4.98 Å². The van der Waals surface area contributed by atoms with Crippen LogP contribution in [0.1, 0.15) is 24.8 Å².